The second-order valence-electron chi connectivity index (χ2n) is 5.14. The van der Waals surface area contributed by atoms with Gasteiger partial charge in [-0.25, -0.2) is 0 Å². The van der Waals surface area contributed by atoms with Crippen molar-refractivity contribution in [2.75, 3.05) is 19.5 Å². The van der Waals surface area contributed by atoms with E-state index in [2.05, 4.69) is 21.2 Å². The normalized spacial score (nSPS) is 11.7. The van der Waals surface area contributed by atoms with E-state index in [1.54, 1.807) is 44.2 Å². The highest BCUT2D eigenvalue weighted by Gasteiger charge is 2.16. The molecule has 2 aromatic carbocycles. The number of rotatable bonds is 7. The Morgan fingerprint density at radius 3 is 2.50 bits per heavy atom. The number of hydrogen-bond acceptors (Lipinski definition) is 4. The van der Waals surface area contributed by atoms with E-state index in [1.165, 1.54) is 5.56 Å². The third-order valence-corrected chi connectivity index (χ3v) is 5.19. The fourth-order valence-electron chi connectivity index (χ4n) is 2.01. The molecule has 128 valence electrons. The first-order valence-corrected chi connectivity index (χ1v) is 9.26. The van der Waals surface area contributed by atoms with Gasteiger partial charge in [0.25, 0.3) is 0 Å². The number of methoxy groups -OCH3 is 2. The standard InChI is InChI=1S/C18H20BrNO3S/c1-12(24-11-13-4-6-14(19)7-5-13)18(21)20-16-9-8-15(22-2)10-17(16)23-3/h4-10,12H,11H2,1-3H3,(H,20,21)/t12-/m0/s1. The van der Waals surface area contributed by atoms with E-state index in [9.17, 15) is 4.79 Å². The van der Waals surface area contributed by atoms with Crippen LogP contribution in [0.25, 0.3) is 0 Å². The first kappa shape index (κ1) is 18.7. The minimum atomic E-state index is -0.180. The lowest BCUT2D eigenvalue weighted by molar-refractivity contribution is -0.115. The minimum Gasteiger partial charge on any atom is -0.497 e. The molecule has 0 bridgehead atoms. The van der Waals surface area contributed by atoms with Crippen LogP contribution >= 0.6 is 27.7 Å². The second kappa shape index (κ2) is 8.99. The van der Waals surface area contributed by atoms with Crippen LogP contribution in [0.4, 0.5) is 5.69 Å². The number of halogens is 1. The van der Waals surface area contributed by atoms with Gasteiger partial charge in [-0.3, -0.25) is 4.79 Å². The monoisotopic (exact) mass is 409 g/mol. The van der Waals surface area contributed by atoms with Crippen LogP contribution in [0.2, 0.25) is 0 Å². The fourth-order valence-corrected chi connectivity index (χ4v) is 3.12. The Labute approximate surface area is 155 Å². The molecule has 0 aliphatic carbocycles. The fraction of sp³-hybridized carbons (Fsp3) is 0.278. The molecule has 0 fully saturated rings. The topological polar surface area (TPSA) is 47.6 Å². The highest BCUT2D eigenvalue weighted by atomic mass is 79.9. The van der Waals surface area contributed by atoms with Crippen LogP contribution in [0.5, 0.6) is 11.5 Å². The number of carbonyl (C=O) groups excluding carboxylic acids is 1. The zero-order chi connectivity index (χ0) is 17.5. The predicted octanol–water partition coefficient (Wildman–Crippen LogP) is 4.73. The first-order chi connectivity index (χ1) is 11.5. The van der Waals surface area contributed by atoms with E-state index in [4.69, 9.17) is 9.47 Å². The molecule has 0 aliphatic rings. The number of anilines is 1. The average molecular weight is 410 g/mol. The van der Waals surface area contributed by atoms with E-state index >= 15 is 0 Å². The largest absolute Gasteiger partial charge is 0.497 e. The van der Waals surface area contributed by atoms with E-state index < -0.39 is 0 Å². The van der Waals surface area contributed by atoms with Gasteiger partial charge in [0.05, 0.1) is 25.2 Å². The number of carbonyl (C=O) groups is 1. The Hall–Kier alpha value is -1.66. The van der Waals surface area contributed by atoms with Crippen molar-refractivity contribution >= 4 is 39.3 Å². The number of thioether (sulfide) groups is 1. The van der Waals surface area contributed by atoms with Crippen LogP contribution in [-0.4, -0.2) is 25.4 Å². The van der Waals surface area contributed by atoms with Crippen molar-refractivity contribution in [2.24, 2.45) is 0 Å². The van der Waals surface area contributed by atoms with Crippen LogP contribution in [0.3, 0.4) is 0 Å². The van der Waals surface area contributed by atoms with Crippen LogP contribution in [0.1, 0.15) is 12.5 Å². The summed E-state index contributed by atoms with van der Waals surface area (Å²) in [4.78, 5) is 12.4. The molecule has 0 aliphatic heterocycles. The quantitative estimate of drug-likeness (QED) is 0.717. The second-order valence-corrected chi connectivity index (χ2v) is 7.38. The third kappa shape index (κ3) is 5.18. The molecule has 2 rings (SSSR count). The van der Waals surface area contributed by atoms with Gasteiger partial charge in [0.2, 0.25) is 5.91 Å². The summed E-state index contributed by atoms with van der Waals surface area (Å²) in [6, 6.07) is 13.4. The number of benzene rings is 2. The highest BCUT2D eigenvalue weighted by molar-refractivity contribution is 9.10. The van der Waals surface area contributed by atoms with E-state index in [1.807, 2.05) is 31.2 Å². The van der Waals surface area contributed by atoms with Crippen LogP contribution in [-0.2, 0) is 10.5 Å². The van der Waals surface area contributed by atoms with Gasteiger partial charge in [0, 0.05) is 16.3 Å². The molecule has 1 atom stereocenters. The molecule has 0 saturated heterocycles. The molecule has 6 heteroatoms. The Morgan fingerprint density at radius 1 is 1.17 bits per heavy atom. The van der Waals surface area contributed by atoms with Crippen LogP contribution < -0.4 is 14.8 Å². The van der Waals surface area contributed by atoms with Crippen molar-refractivity contribution < 1.29 is 14.3 Å². The van der Waals surface area contributed by atoms with Crippen LogP contribution in [0, 0.1) is 0 Å². The SMILES string of the molecule is COc1ccc(NC(=O)[C@H](C)SCc2ccc(Br)cc2)c(OC)c1. The van der Waals surface area contributed by atoms with Gasteiger partial charge in [0.1, 0.15) is 11.5 Å². The molecule has 0 saturated carbocycles. The van der Waals surface area contributed by atoms with Gasteiger partial charge in [-0.05, 0) is 36.8 Å². The lowest BCUT2D eigenvalue weighted by Gasteiger charge is -2.15. The molecule has 2 aromatic rings. The molecule has 0 spiro atoms. The summed E-state index contributed by atoms with van der Waals surface area (Å²) in [6.45, 7) is 1.90. The van der Waals surface area contributed by atoms with Gasteiger partial charge in [-0.15, -0.1) is 11.8 Å². The average Bonchev–Trinajstić information content (AvgIpc) is 2.61. The molecule has 0 unspecified atom stereocenters. The number of nitrogens with one attached hydrogen (secondary N) is 1. The first-order valence-electron chi connectivity index (χ1n) is 7.42. The predicted molar refractivity (Wildman–Crippen MR) is 103 cm³/mol. The Morgan fingerprint density at radius 2 is 1.88 bits per heavy atom. The van der Waals surface area contributed by atoms with Crippen molar-refractivity contribution in [2.45, 2.75) is 17.9 Å². The molecule has 1 amide bonds. The Kier molecular flexibility index (Phi) is 6.99. The summed E-state index contributed by atoms with van der Waals surface area (Å²) in [5.74, 6) is 1.98. The van der Waals surface area contributed by atoms with E-state index in [-0.39, 0.29) is 11.2 Å². The molecule has 0 heterocycles. The summed E-state index contributed by atoms with van der Waals surface area (Å²) in [5.41, 5.74) is 1.82. The van der Waals surface area contributed by atoms with Crippen molar-refractivity contribution in [3.63, 3.8) is 0 Å². The van der Waals surface area contributed by atoms with Crippen molar-refractivity contribution in [3.05, 3.63) is 52.5 Å². The smallest absolute Gasteiger partial charge is 0.237 e. The maximum absolute atomic E-state index is 12.4. The lowest BCUT2D eigenvalue weighted by Crippen LogP contribution is -2.22. The molecule has 0 aromatic heterocycles. The highest BCUT2D eigenvalue weighted by Crippen LogP contribution is 2.30. The summed E-state index contributed by atoms with van der Waals surface area (Å²) in [6.07, 6.45) is 0. The van der Waals surface area contributed by atoms with E-state index in [0.717, 1.165) is 10.2 Å². The molecule has 1 N–H and O–H groups in total. The number of ether oxygens (including phenoxy) is 2. The number of hydrogen-bond donors (Lipinski definition) is 1. The molecule has 4 nitrogen and oxygen atoms in total. The summed E-state index contributed by atoms with van der Waals surface area (Å²) in [5, 5.41) is 2.73. The molecule has 24 heavy (non-hydrogen) atoms. The van der Waals surface area contributed by atoms with Crippen molar-refractivity contribution in [3.8, 4) is 11.5 Å². The van der Waals surface area contributed by atoms with E-state index in [0.29, 0.717) is 17.2 Å². The third-order valence-electron chi connectivity index (χ3n) is 3.45. The van der Waals surface area contributed by atoms with Gasteiger partial charge in [-0.1, -0.05) is 28.1 Å². The maximum Gasteiger partial charge on any atom is 0.237 e. The maximum atomic E-state index is 12.4. The molecular formula is C18H20BrNO3S. The summed E-state index contributed by atoms with van der Waals surface area (Å²) in [7, 11) is 3.16. The van der Waals surface area contributed by atoms with Gasteiger partial charge in [0.15, 0.2) is 0 Å². The molecule has 0 radical (unpaired) electrons. The Balaban J connectivity index is 1.95. The summed E-state index contributed by atoms with van der Waals surface area (Å²) >= 11 is 5.01. The zero-order valence-electron chi connectivity index (χ0n) is 13.8. The van der Waals surface area contributed by atoms with Crippen molar-refractivity contribution in [1.29, 1.82) is 0 Å². The van der Waals surface area contributed by atoms with Gasteiger partial charge < -0.3 is 14.8 Å². The number of amides is 1. The van der Waals surface area contributed by atoms with Gasteiger partial charge in [-0.2, -0.15) is 0 Å². The van der Waals surface area contributed by atoms with Crippen molar-refractivity contribution in [1.82, 2.24) is 0 Å². The zero-order valence-corrected chi connectivity index (χ0v) is 16.2. The minimum absolute atomic E-state index is 0.0550. The lowest BCUT2D eigenvalue weighted by atomic mass is 10.2. The summed E-state index contributed by atoms with van der Waals surface area (Å²) < 4.78 is 11.5. The van der Waals surface area contributed by atoms with Gasteiger partial charge >= 0.3 is 0 Å². The van der Waals surface area contributed by atoms with Crippen LogP contribution in [0.15, 0.2) is 46.9 Å². The Bertz CT molecular complexity index is 691. The molecular weight excluding hydrogens is 390 g/mol.